The molecule has 0 aliphatic rings. The van der Waals surface area contributed by atoms with Crippen LogP contribution in [-0.2, 0) is 11.8 Å². The highest BCUT2D eigenvalue weighted by atomic mass is 16.5. The summed E-state index contributed by atoms with van der Waals surface area (Å²) < 4.78 is 6.63. The molecule has 1 N–H and O–H groups in total. The zero-order chi connectivity index (χ0) is 13.0. The van der Waals surface area contributed by atoms with Crippen molar-refractivity contribution in [2.24, 2.45) is 7.05 Å². The molecule has 6 heteroatoms. The second kappa shape index (κ2) is 5.67. The summed E-state index contributed by atoms with van der Waals surface area (Å²) in [7, 11) is 3.38. The molecule has 1 aromatic heterocycles. The molecule has 0 aliphatic heterocycles. The minimum absolute atomic E-state index is 0.269. The number of carboxylic acids is 1. The van der Waals surface area contributed by atoms with Crippen molar-refractivity contribution in [3.63, 3.8) is 0 Å². The normalized spacial score (nSPS) is 10.6. The largest absolute Gasteiger partial charge is 0.477 e. The summed E-state index contributed by atoms with van der Waals surface area (Å²) in [6, 6.07) is 0. The number of aromatic nitrogens is 2. The minimum Gasteiger partial charge on any atom is -0.477 e. The summed E-state index contributed by atoms with van der Waals surface area (Å²) in [6.45, 7) is 5.59. The monoisotopic (exact) mass is 241 g/mol. The predicted octanol–water partition coefficient (Wildman–Crippen LogP) is 0.899. The molecular weight excluding hydrogens is 222 g/mol. The maximum Gasteiger partial charge on any atom is 0.341 e. The van der Waals surface area contributed by atoms with Crippen LogP contribution >= 0.6 is 0 Å². The zero-order valence-electron chi connectivity index (χ0n) is 10.7. The first-order chi connectivity index (χ1) is 8.02. The van der Waals surface area contributed by atoms with E-state index in [9.17, 15) is 9.90 Å². The fraction of sp³-hybridized carbons (Fsp3) is 0.636. The van der Waals surface area contributed by atoms with Crippen LogP contribution in [0.25, 0.3) is 0 Å². The van der Waals surface area contributed by atoms with Gasteiger partial charge < -0.3 is 14.7 Å². The standard InChI is InChI=1S/C11H19N3O3/c1-5-14(6-7-17-4)10-9(11(15)16)8(2)12-13(10)3/h5-7H2,1-4H3,(H,15,16). The lowest BCUT2D eigenvalue weighted by atomic mass is 10.2. The van der Waals surface area contributed by atoms with Gasteiger partial charge in [0.25, 0.3) is 0 Å². The molecule has 0 bridgehead atoms. The average Bonchev–Trinajstić information content (AvgIpc) is 2.55. The van der Waals surface area contributed by atoms with Gasteiger partial charge in [-0.1, -0.05) is 0 Å². The molecule has 0 fully saturated rings. The van der Waals surface area contributed by atoms with Gasteiger partial charge in [-0.2, -0.15) is 5.10 Å². The molecule has 96 valence electrons. The number of likely N-dealkylation sites (N-methyl/N-ethyl adjacent to an activating group) is 1. The van der Waals surface area contributed by atoms with Gasteiger partial charge in [-0.3, -0.25) is 4.68 Å². The van der Waals surface area contributed by atoms with E-state index in [4.69, 9.17) is 4.74 Å². The summed E-state index contributed by atoms with van der Waals surface area (Å²) in [4.78, 5) is 13.2. The first kappa shape index (κ1) is 13.5. The number of rotatable bonds is 6. The van der Waals surface area contributed by atoms with Crippen LogP contribution in [0, 0.1) is 6.92 Å². The van der Waals surface area contributed by atoms with E-state index in [0.717, 1.165) is 0 Å². The SMILES string of the molecule is CCN(CCOC)c1c(C(=O)O)c(C)nn1C. The molecule has 0 aliphatic carbocycles. The third-order valence-corrected chi connectivity index (χ3v) is 2.65. The molecule has 1 rings (SSSR count). The molecule has 1 aromatic rings. The van der Waals surface area contributed by atoms with Crippen LogP contribution in [0.3, 0.4) is 0 Å². The third kappa shape index (κ3) is 2.76. The highest BCUT2D eigenvalue weighted by Gasteiger charge is 2.23. The van der Waals surface area contributed by atoms with Gasteiger partial charge in [-0.05, 0) is 13.8 Å². The van der Waals surface area contributed by atoms with Crippen LogP contribution in [0.4, 0.5) is 5.82 Å². The van der Waals surface area contributed by atoms with E-state index in [1.54, 1.807) is 25.8 Å². The Kier molecular flexibility index (Phi) is 4.51. The first-order valence-electron chi connectivity index (χ1n) is 5.53. The highest BCUT2D eigenvalue weighted by Crippen LogP contribution is 2.22. The topological polar surface area (TPSA) is 67.6 Å². The van der Waals surface area contributed by atoms with Gasteiger partial charge in [0.15, 0.2) is 0 Å². The van der Waals surface area contributed by atoms with E-state index in [1.807, 2.05) is 11.8 Å². The lowest BCUT2D eigenvalue weighted by Gasteiger charge is -2.23. The maximum absolute atomic E-state index is 11.2. The third-order valence-electron chi connectivity index (χ3n) is 2.65. The van der Waals surface area contributed by atoms with Crippen molar-refractivity contribution >= 4 is 11.8 Å². The van der Waals surface area contributed by atoms with Crippen molar-refractivity contribution < 1.29 is 14.6 Å². The number of methoxy groups -OCH3 is 1. The van der Waals surface area contributed by atoms with Crippen LogP contribution in [0.1, 0.15) is 23.0 Å². The quantitative estimate of drug-likeness (QED) is 0.801. The fourth-order valence-corrected chi connectivity index (χ4v) is 1.87. The van der Waals surface area contributed by atoms with Gasteiger partial charge in [0.05, 0.1) is 12.3 Å². The van der Waals surface area contributed by atoms with Gasteiger partial charge in [0.1, 0.15) is 11.4 Å². The van der Waals surface area contributed by atoms with Gasteiger partial charge >= 0.3 is 5.97 Å². The number of hydrogen-bond acceptors (Lipinski definition) is 4. The summed E-state index contributed by atoms with van der Waals surface area (Å²) >= 11 is 0. The predicted molar refractivity (Wildman–Crippen MR) is 64.7 cm³/mol. The van der Waals surface area contributed by atoms with Crippen molar-refractivity contribution in [2.45, 2.75) is 13.8 Å². The number of aryl methyl sites for hydroxylation is 2. The lowest BCUT2D eigenvalue weighted by Crippen LogP contribution is -2.30. The average molecular weight is 241 g/mol. The maximum atomic E-state index is 11.2. The van der Waals surface area contributed by atoms with Crippen LogP contribution in [0.5, 0.6) is 0 Å². The van der Waals surface area contributed by atoms with E-state index in [0.29, 0.717) is 31.2 Å². The van der Waals surface area contributed by atoms with Crippen molar-refractivity contribution in [3.05, 3.63) is 11.3 Å². The summed E-state index contributed by atoms with van der Waals surface area (Å²) in [5, 5.41) is 13.4. The Hall–Kier alpha value is -1.56. The number of aromatic carboxylic acids is 1. The number of anilines is 1. The van der Waals surface area contributed by atoms with Crippen molar-refractivity contribution in [1.82, 2.24) is 9.78 Å². The second-order valence-electron chi connectivity index (χ2n) is 3.79. The summed E-state index contributed by atoms with van der Waals surface area (Å²) in [5.74, 6) is -0.309. The van der Waals surface area contributed by atoms with E-state index < -0.39 is 5.97 Å². The van der Waals surface area contributed by atoms with Crippen LogP contribution < -0.4 is 4.90 Å². The molecule has 0 amide bonds. The zero-order valence-corrected chi connectivity index (χ0v) is 10.7. The number of hydrogen-bond donors (Lipinski definition) is 1. The number of carboxylic acid groups (broad SMARTS) is 1. The molecule has 0 saturated heterocycles. The van der Waals surface area contributed by atoms with Gasteiger partial charge in [-0.25, -0.2) is 4.79 Å². The Balaban J connectivity index is 3.13. The van der Waals surface area contributed by atoms with Gasteiger partial charge in [-0.15, -0.1) is 0 Å². The van der Waals surface area contributed by atoms with E-state index in [-0.39, 0.29) is 5.56 Å². The molecule has 1 heterocycles. The summed E-state index contributed by atoms with van der Waals surface area (Å²) in [5.41, 5.74) is 0.802. The fourth-order valence-electron chi connectivity index (χ4n) is 1.87. The van der Waals surface area contributed by atoms with Crippen molar-refractivity contribution in [2.75, 3.05) is 31.7 Å². The molecule has 0 radical (unpaired) electrons. The Labute approximate surface area is 101 Å². The number of carbonyl (C=O) groups is 1. The van der Waals surface area contributed by atoms with E-state index in [2.05, 4.69) is 5.10 Å². The van der Waals surface area contributed by atoms with Crippen LogP contribution in [-0.4, -0.2) is 47.7 Å². The second-order valence-corrected chi connectivity index (χ2v) is 3.79. The molecular formula is C11H19N3O3. The van der Waals surface area contributed by atoms with Gasteiger partial charge in [0.2, 0.25) is 0 Å². The summed E-state index contributed by atoms with van der Waals surface area (Å²) in [6.07, 6.45) is 0. The van der Waals surface area contributed by atoms with Crippen LogP contribution in [0.15, 0.2) is 0 Å². The number of nitrogens with zero attached hydrogens (tertiary/aromatic N) is 3. The van der Waals surface area contributed by atoms with Crippen molar-refractivity contribution in [3.8, 4) is 0 Å². The lowest BCUT2D eigenvalue weighted by molar-refractivity contribution is 0.0696. The van der Waals surface area contributed by atoms with Crippen molar-refractivity contribution in [1.29, 1.82) is 0 Å². The molecule has 0 unspecified atom stereocenters. The molecule has 17 heavy (non-hydrogen) atoms. The van der Waals surface area contributed by atoms with E-state index >= 15 is 0 Å². The Bertz CT molecular complexity index is 401. The minimum atomic E-state index is -0.943. The Morgan fingerprint density at radius 2 is 2.24 bits per heavy atom. The van der Waals surface area contributed by atoms with Gasteiger partial charge in [0, 0.05) is 27.2 Å². The Morgan fingerprint density at radius 3 is 2.71 bits per heavy atom. The molecule has 6 nitrogen and oxygen atoms in total. The molecule has 0 saturated carbocycles. The molecule has 0 atom stereocenters. The highest BCUT2D eigenvalue weighted by molar-refractivity contribution is 5.94. The van der Waals surface area contributed by atoms with E-state index in [1.165, 1.54) is 0 Å². The molecule has 0 aromatic carbocycles. The first-order valence-corrected chi connectivity index (χ1v) is 5.53. The van der Waals surface area contributed by atoms with Crippen LogP contribution in [0.2, 0.25) is 0 Å². The smallest absolute Gasteiger partial charge is 0.341 e. The Morgan fingerprint density at radius 1 is 1.59 bits per heavy atom. The number of ether oxygens (including phenoxy) is 1. The molecule has 0 spiro atoms.